The van der Waals surface area contributed by atoms with E-state index >= 15 is 0 Å². The van der Waals surface area contributed by atoms with E-state index in [2.05, 4.69) is 0 Å². The summed E-state index contributed by atoms with van der Waals surface area (Å²) in [5, 5.41) is 8.97. The SMILES string of the molecule is O=S(=O)(C1CCCC1)N1CCCC(CO)C1. The average Bonchev–Trinajstić information content (AvgIpc) is 2.83. The van der Waals surface area contributed by atoms with Gasteiger partial charge in [-0.3, -0.25) is 0 Å². The van der Waals surface area contributed by atoms with Crippen LogP contribution in [0, 0.1) is 5.92 Å². The number of piperidine rings is 1. The summed E-state index contributed by atoms with van der Waals surface area (Å²) < 4.78 is 26.2. The fourth-order valence-corrected chi connectivity index (χ4v) is 4.96. The van der Waals surface area contributed by atoms with E-state index in [1.165, 1.54) is 0 Å². The third-order valence-electron chi connectivity index (χ3n) is 3.82. The standard InChI is InChI=1S/C11H21NO3S/c13-9-10-4-3-7-12(8-10)16(14,15)11-5-1-2-6-11/h10-11,13H,1-9H2. The molecule has 0 spiro atoms. The van der Waals surface area contributed by atoms with Crippen LogP contribution in [0.4, 0.5) is 0 Å². The van der Waals surface area contributed by atoms with E-state index in [0.717, 1.165) is 38.5 Å². The molecule has 1 atom stereocenters. The first-order valence-electron chi connectivity index (χ1n) is 6.24. The number of nitrogens with zero attached hydrogens (tertiary/aromatic N) is 1. The second-order valence-corrected chi connectivity index (χ2v) is 7.21. The van der Waals surface area contributed by atoms with Crippen LogP contribution in [0.2, 0.25) is 0 Å². The van der Waals surface area contributed by atoms with E-state index in [0.29, 0.717) is 13.1 Å². The quantitative estimate of drug-likeness (QED) is 0.808. The first kappa shape index (κ1) is 12.3. The molecular weight excluding hydrogens is 226 g/mol. The minimum atomic E-state index is -3.08. The average molecular weight is 247 g/mol. The van der Waals surface area contributed by atoms with Crippen molar-refractivity contribution in [3.05, 3.63) is 0 Å². The molecule has 2 rings (SSSR count). The zero-order valence-electron chi connectivity index (χ0n) is 9.64. The molecule has 1 heterocycles. The van der Waals surface area contributed by atoms with Crippen LogP contribution in [0.3, 0.4) is 0 Å². The van der Waals surface area contributed by atoms with E-state index in [4.69, 9.17) is 5.11 Å². The zero-order valence-corrected chi connectivity index (χ0v) is 10.5. The lowest BCUT2D eigenvalue weighted by Gasteiger charge is -2.32. The Morgan fingerprint density at radius 1 is 1.12 bits per heavy atom. The predicted molar refractivity (Wildman–Crippen MR) is 62.6 cm³/mol. The summed E-state index contributed by atoms with van der Waals surface area (Å²) in [7, 11) is -3.08. The van der Waals surface area contributed by atoms with Crippen LogP contribution in [0.25, 0.3) is 0 Å². The molecule has 5 heteroatoms. The molecule has 0 radical (unpaired) electrons. The van der Waals surface area contributed by atoms with Crippen molar-refractivity contribution in [2.24, 2.45) is 5.92 Å². The maximum atomic E-state index is 12.3. The van der Waals surface area contributed by atoms with Crippen LogP contribution >= 0.6 is 0 Å². The Balaban J connectivity index is 2.04. The molecule has 0 aromatic heterocycles. The molecule has 94 valence electrons. The highest BCUT2D eigenvalue weighted by molar-refractivity contribution is 7.89. The number of aliphatic hydroxyl groups is 1. The van der Waals surface area contributed by atoms with Crippen molar-refractivity contribution in [1.29, 1.82) is 0 Å². The molecule has 4 nitrogen and oxygen atoms in total. The van der Waals surface area contributed by atoms with Gasteiger partial charge in [-0.2, -0.15) is 0 Å². The smallest absolute Gasteiger partial charge is 0.216 e. The summed E-state index contributed by atoms with van der Waals surface area (Å²) >= 11 is 0. The van der Waals surface area contributed by atoms with E-state index < -0.39 is 10.0 Å². The van der Waals surface area contributed by atoms with E-state index in [1.807, 2.05) is 0 Å². The molecule has 0 bridgehead atoms. The molecule has 0 amide bonds. The van der Waals surface area contributed by atoms with E-state index in [-0.39, 0.29) is 17.8 Å². The molecule has 2 fully saturated rings. The molecule has 0 aromatic rings. The van der Waals surface area contributed by atoms with Crippen molar-refractivity contribution < 1.29 is 13.5 Å². The van der Waals surface area contributed by atoms with Gasteiger partial charge in [0.15, 0.2) is 0 Å². The normalized spacial score (nSPS) is 29.7. The highest BCUT2D eigenvalue weighted by Gasteiger charge is 2.36. The largest absolute Gasteiger partial charge is 0.396 e. The van der Waals surface area contributed by atoms with Crippen LogP contribution in [-0.2, 0) is 10.0 Å². The highest BCUT2D eigenvalue weighted by atomic mass is 32.2. The Morgan fingerprint density at radius 3 is 2.44 bits per heavy atom. The van der Waals surface area contributed by atoms with Gasteiger partial charge in [-0.05, 0) is 31.6 Å². The minimum absolute atomic E-state index is 0.108. The monoisotopic (exact) mass is 247 g/mol. The van der Waals surface area contributed by atoms with Crippen LogP contribution in [0.5, 0.6) is 0 Å². The van der Waals surface area contributed by atoms with Gasteiger partial charge in [-0.1, -0.05) is 12.8 Å². The molecule has 1 aliphatic carbocycles. The first-order chi connectivity index (χ1) is 7.64. The van der Waals surface area contributed by atoms with Gasteiger partial charge in [0.2, 0.25) is 10.0 Å². The fourth-order valence-electron chi connectivity index (χ4n) is 2.80. The number of rotatable bonds is 3. The minimum Gasteiger partial charge on any atom is -0.396 e. The third kappa shape index (κ3) is 2.41. The van der Waals surface area contributed by atoms with Crippen molar-refractivity contribution in [2.75, 3.05) is 19.7 Å². The second-order valence-electron chi connectivity index (χ2n) is 5.00. The van der Waals surface area contributed by atoms with Crippen molar-refractivity contribution in [3.63, 3.8) is 0 Å². The van der Waals surface area contributed by atoms with Crippen LogP contribution < -0.4 is 0 Å². The Bertz CT molecular complexity index is 322. The summed E-state index contributed by atoms with van der Waals surface area (Å²) in [5.74, 6) is 0.143. The van der Waals surface area contributed by atoms with Crippen molar-refractivity contribution >= 4 is 10.0 Å². The molecule has 1 N–H and O–H groups in total. The molecule has 1 saturated heterocycles. The van der Waals surface area contributed by atoms with Gasteiger partial charge in [0.1, 0.15) is 0 Å². The number of hydrogen-bond acceptors (Lipinski definition) is 3. The summed E-state index contributed by atoms with van der Waals surface area (Å²) in [6.07, 6.45) is 5.57. The van der Waals surface area contributed by atoms with Gasteiger partial charge in [0.05, 0.1) is 5.25 Å². The van der Waals surface area contributed by atoms with E-state index in [9.17, 15) is 8.42 Å². The lowest BCUT2D eigenvalue weighted by molar-refractivity contribution is 0.165. The van der Waals surface area contributed by atoms with E-state index in [1.54, 1.807) is 4.31 Å². The summed E-state index contributed by atoms with van der Waals surface area (Å²) in [6.45, 7) is 1.28. The van der Waals surface area contributed by atoms with Gasteiger partial charge in [0, 0.05) is 19.7 Å². The van der Waals surface area contributed by atoms with Gasteiger partial charge >= 0.3 is 0 Å². The highest BCUT2D eigenvalue weighted by Crippen LogP contribution is 2.29. The Kier molecular flexibility index (Phi) is 3.87. The third-order valence-corrected chi connectivity index (χ3v) is 6.19. The summed E-state index contributed by atoms with van der Waals surface area (Å²) in [5.41, 5.74) is 0. The number of hydrogen-bond donors (Lipinski definition) is 1. The van der Waals surface area contributed by atoms with Gasteiger partial charge < -0.3 is 5.11 Å². The lowest BCUT2D eigenvalue weighted by atomic mass is 10.0. The Labute approximate surface area is 97.7 Å². The maximum Gasteiger partial charge on any atom is 0.216 e. The maximum absolute atomic E-state index is 12.3. The number of aliphatic hydroxyl groups excluding tert-OH is 1. The molecule has 1 aliphatic heterocycles. The Morgan fingerprint density at radius 2 is 1.81 bits per heavy atom. The Hall–Kier alpha value is -0.130. The van der Waals surface area contributed by atoms with Gasteiger partial charge in [0.25, 0.3) is 0 Å². The predicted octanol–water partition coefficient (Wildman–Crippen LogP) is 0.963. The topological polar surface area (TPSA) is 57.6 Å². The summed E-state index contributed by atoms with van der Waals surface area (Å²) in [6, 6.07) is 0. The van der Waals surface area contributed by atoms with Crippen molar-refractivity contribution in [3.8, 4) is 0 Å². The van der Waals surface area contributed by atoms with Crippen molar-refractivity contribution in [1.82, 2.24) is 4.31 Å². The fraction of sp³-hybridized carbons (Fsp3) is 1.00. The molecule has 1 unspecified atom stereocenters. The molecule has 16 heavy (non-hydrogen) atoms. The van der Waals surface area contributed by atoms with Crippen LogP contribution in [0.1, 0.15) is 38.5 Å². The van der Waals surface area contributed by atoms with Gasteiger partial charge in [-0.15, -0.1) is 0 Å². The second kappa shape index (κ2) is 5.02. The van der Waals surface area contributed by atoms with Gasteiger partial charge in [-0.25, -0.2) is 12.7 Å². The van der Waals surface area contributed by atoms with Crippen molar-refractivity contribution in [2.45, 2.75) is 43.8 Å². The lowest BCUT2D eigenvalue weighted by Crippen LogP contribution is -2.44. The molecule has 2 aliphatic rings. The summed E-state index contributed by atoms with van der Waals surface area (Å²) in [4.78, 5) is 0. The number of sulfonamides is 1. The van der Waals surface area contributed by atoms with Crippen LogP contribution in [0.15, 0.2) is 0 Å². The van der Waals surface area contributed by atoms with Crippen LogP contribution in [-0.4, -0.2) is 42.8 Å². The molecule has 1 saturated carbocycles. The first-order valence-corrected chi connectivity index (χ1v) is 7.74. The molecular formula is C11H21NO3S. The zero-order chi connectivity index (χ0) is 11.6. The molecule has 0 aromatic carbocycles.